The second-order valence-corrected chi connectivity index (χ2v) is 14.3. The number of hydrogen-bond acceptors (Lipinski definition) is 18. The van der Waals surface area contributed by atoms with E-state index in [0.717, 1.165) is 0 Å². The molecule has 1 saturated heterocycles. The Balaban J connectivity index is 1.06. The van der Waals surface area contributed by atoms with Crippen molar-refractivity contribution >= 4 is 52.9 Å². The fourth-order valence-corrected chi connectivity index (χ4v) is 7.34. The van der Waals surface area contributed by atoms with Gasteiger partial charge in [0, 0.05) is 53.5 Å². The number of hydrogen-bond donors (Lipinski definition) is 1. The minimum Gasteiger partial charge on any atom is -0.456 e. The summed E-state index contributed by atoms with van der Waals surface area (Å²) >= 11 is 1.24. The zero-order valence-corrected chi connectivity index (χ0v) is 32.1. The topological polar surface area (TPSA) is 293 Å². The number of nitrogens with zero attached hydrogens (tertiary/aromatic N) is 8. The van der Waals surface area contributed by atoms with E-state index in [0.29, 0.717) is 21.6 Å². The first-order valence-electron chi connectivity index (χ1n) is 17.8. The molecule has 3 aromatic carbocycles. The number of rotatable bonds is 18. The number of nitro benzene ring substituents is 3. The highest BCUT2D eigenvalue weighted by atomic mass is 32.2. The number of ether oxygens (including phenoxy) is 4. The number of fused-ring (bicyclic) bond motifs is 1. The van der Waals surface area contributed by atoms with Crippen LogP contribution in [0.15, 0.2) is 83.4 Å². The fourth-order valence-electron chi connectivity index (χ4n) is 6.23. The first-order valence-corrected chi connectivity index (χ1v) is 18.8. The Morgan fingerprint density at radius 2 is 1.33 bits per heavy atom. The number of β-lactam (4-membered cyclic amide) rings is 1. The molecule has 0 radical (unpaired) electrons. The number of aryl methyl sites for hydroxylation is 1. The van der Waals surface area contributed by atoms with Gasteiger partial charge in [0.05, 0.1) is 39.8 Å². The number of tetrazole rings is 1. The number of carbonyl (C=O) groups is 4. The molecule has 6 rings (SSSR count). The van der Waals surface area contributed by atoms with E-state index in [2.05, 4.69) is 20.8 Å². The molecule has 3 atom stereocenters. The van der Waals surface area contributed by atoms with Gasteiger partial charge in [0.25, 0.3) is 17.1 Å². The van der Waals surface area contributed by atoms with Crippen LogP contribution in [0, 0.1) is 36.3 Å². The van der Waals surface area contributed by atoms with E-state index >= 15 is 0 Å². The van der Waals surface area contributed by atoms with Crippen molar-refractivity contribution in [2.24, 2.45) is 5.92 Å². The van der Waals surface area contributed by atoms with Gasteiger partial charge in [-0.05, 0) is 70.4 Å². The number of nitro groups is 3. The number of carbonyl (C=O) groups excluding carboxylic acids is 4. The van der Waals surface area contributed by atoms with Crippen LogP contribution in [0.25, 0.3) is 0 Å². The van der Waals surface area contributed by atoms with Crippen LogP contribution < -0.4 is 5.32 Å². The Bertz CT molecular complexity index is 2320. The Morgan fingerprint density at radius 1 is 0.817 bits per heavy atom. The second-order valence-electron chi connectivity index (χ2n) is 13.1. The fraction of sp³-hybridized carbons (Fsp3) is 0.306. The van der Waals surface area contributed by atoms with Crippen molar-refractivity contribution in [1.82, 2.24) is 30.4 Å². The first kappa shape index (κ1) is 42.1. The molecular formula is C36H33N9O14S. The molecule has 23 nitrogen and oxygen atoms in total. The van der Waals surface area contributed by atoms with Gasteiger partial charge in [-0.2, -0.15) is 0 Å². The first-order chi connectivity index (χ1) is 28.8. The second kappa shape index (κ2) is 18.8. The van der Waals surface area contributed by atoms with Crippen LogP contribution in [-0.2, 0) is 61.4 Å². The average Bonchev–Trinajstić information content (AvgIpc) is 3.82. The summed E-state index contributed by atoms with van der Waals surface area (Å²) in [5, 5.41) is 46.9. The Morgan fingerprint density at radius 3 is 1.87 bits per heavy atom. The van der Waals surface area contributed by atoms with E-state index in [1.165, 1.54) is 101 Å². The van der Waals surface area contributed by atoms with Crippen molar-refractivity contribution < 1.29 is 52.9 Å². The summed E-state index contributed by atoms with van der Waals surface area (Å²) in [6.45, 7) is 0.983. The standard InChI is InChI=1S/C36H33N9O14S/c1-21(59-36(49)58-20-24-6-12-27(13-7-24)45(54)55)31-28-16-29(32(42(28)33(31)46)34(47)56-18-22-2-8-25(9-3-22)43(50)51)60-15-14-41-30(38-39-40-41)17-37-35(48)57-19-23-4-10-26(11-5-23)44(52)53/h2-13,21,28,31H,14-20H2,1H3,(H,37,48). The molecule has 60 heavy (non-hydrogen) atoms. The minimum atomic E-state index is -1.07. The van der Waals surface area contributed by atoms with E-state index in [9.17, 15) is 49.5 Å². The van der Waals surface area contributed by atoms with Crippen LogP contribution in [-0.4, -0.2) is 81.9 Å². The Hall–Kier alpha value is -7.50. The molecular weight excluding hydrogens is 815 g/mol. The van der Waals surface area contributed by atoms with Gasteiger partial charge in [0.15, 0.2) is 5.82 Å². The molecule has 0 bridgehead atoms. The van der Waals surface area contributed by atoms with E-state index in [1.807, 2.05) is 0 Å². The summed E-state index contributed by atoms with van der Waals surface area (Å²) in [7, 11) is 0. The molecule has 2 amide bonds. The molecule has 0 aliphatic carbocycles. The highest BCUT2D eigenvalue weighted by molar-refractivity contribution is 8.03. The lowest BCUT2D eigenvalue weighted by Gasteiger charge is -2.45. The van der Waals surface area contributed by atoms with E-state index < -0.39 is 57.0 Å². The molecule has 1 aromatic heterocycles. The van der Waals surface area contributed by atoms with Crippen LogP contribution in [0.2, 0.25) is 0 Å². The number of alkyl carbamates (subject to hydrolysis) is 1. The van der Waals surface area contributed by atoms with Gasteiger partial charge in [-0.1, -0.05) is 0 Å². The molecule has 312 valence electrons. The number of benzene rings is 3. The monoisotopic (exact) mass is 847 g/mol. The summed E-state index contributed by atoms with van der Waals surface area (Å²) in [6.07, 6.45) is -2.62. The number of amides is 2. The van der Waals surface area contributed by atoms with Crippen molar-refractivity contribution in [2.75, 3.05) is 5.75 Å². The Kier molecular flexibility index (Phi) is 13.2. The minimum absolute atomic E-state index is 0.00418. The molecule has 0 saturated carbocycles. The van der Waals surface area contributed by atoms with Crippen LogP contribution >= 0.6 is 11.8 Å². The Labute approximate surface area is 342 Å². The smallest absolute Gasteiger partial charge is 0.456 e. The summed E-state index contributed by atoms with van der Waals surface area (Å²) in [6, 6.07) is 15.7. The number of aromatic nitrogens is 4. The third-order valence-electron chi connectivity index (χ3n) is 9.26. The third-order valence-corrected chi connectivity index (χ3v) is 10.4. The van der Waals surface area contributed by atoms with Crippen LogP contribution in [0.4, 0.5) is 26.7 Å². The van der Waals surface area contributed by atoms with Gasteiger partial charge in [0.1, 0.15) is 31.6 Å². The molecule has 2 aliphatic heterocycles. The maximum atomic E-state index is 13.6. The maximum absolute atomic E-state index is 13.6. The molecule has 0 spiro atoms. The van der Waals surface area contributed by atoms with Crippen molar-refractivity contribution in [3.63, 3.8) is 0 Å². The largest absolute Gasteiger partial charge is 0.508 e. The summed E-state index contributed by atoms with van der Waals surface area (Å²) in [4.78, 5) is 85.0. The quantitative estimate of drug-likeness (QED) is 0.0474. The van der Waals surface area contributed by atoms with Gasteiger partial charge < -0.3 is 29.2 Å². The molecule has 1 fully saturated rings. The number of thioether (sulfide) groups is 1. The van der Waals surface area contributed by atoms with Gasteiger partial charge in [-0.25, -0.2) is 19.1 Å². The van der Waals surface area contributed by atoms with Crippen LogP contribution in [0.5, 0.6) is 0 Å². The molecule has 2 aliphatic rings. The van der Waals surface area contributed by atoms with Crippen molar-refractivity contribution in [3.05, 3.63) is 136 Å². The van der Waals surface area contributed by atoms with E-state index in [-0.39, 0.29) is 73.7 Å². The maximum Gasteiger partial charge on any atom is 0.508 e. The summed E-state index contributed by atoms with van der Waals surface area (Å²) in [5.74, 6) is -1.60. The van der Waals surface area contributed by atoms with Crippen molar-refractivity contribution in [2.45, 2.75) is 58.4 Å². The normalized spacial score (nSPS) is 15.9. The van der Waals surface area contributed by atoms with Crippen molar-refractivity contribution in [1.29, 1.82) is 0 Å². The predicted molar refractivity (Wildman–Crippen MR) is 203 cm³/mol. The van der Waals surface area contributed by atoms with E-state index in [4.69, 9.17) is 18.9 Å². The van der Waals surface area contributed by atoms with Gasteiger partial charge in [-0.3, -0.25) is 35.1 Å². The molecule has 3 heterocycles. The van der Waals surface area contributed by atoms with Crippen LogP contribution in [0.3, 0.4) is 0 Å². The molecule has 24 heteroatoms. The third kappa shape index (κ3) is 10.1. The molecule has 3 unspecified atom stereocenters. The summed E-state index contributed by atoms with van der Waals surface area (Å²) in [5.41, 5.74) is 1.09. The summed E-state index contributed by atoms with van der Waals surface area (Å²) < 4.78 is 22.7. The van der Waals surface area contributed by atoms with Gasteiger partial charge >= 0.3 is 18.2 Å². The highest BCUT2D eigenvalue weighted by Crippen LogP contribution is 2.48. The SMILES string of the molecule is CC(OC(=O)OCc1ccc([N+](=O)[O-])cc1)C1C(=O)N2C(C(=O)OCc3ccc([N+](=O)[O-])cc3)=C(SCCn3nnnc3CNC(=O)OCc3ccc([N+](=O)[O-])cc3)CC12. The predicted octanol–water partition coefficient (Wildman–Crippen LogP) is 4.48. The zero-order valence-electron chi connectivity index (χ0n) is 31.3. The van der Waals surface area contributed by atoms with E-state index in [1.54, 1.807) is 0 Å². The van der Waals surface area contributed by atoms with Gasteiger partial charge in [-0.15, -0.1) is 16.9 Å². The highest BCUT2D eigenvalue weighted by Gasteiger charge is 2.58. The lowest BCUT2D eigenvalue weighted by molar-refractivity contribution is -0.385. The average molecular weight is 848 g/mol. The van der Waals surface area contributed by atoms with Crippen molar-refractivity contribution in [3.8, 4) is 0 Å². The van der Waals surface area contributed by atoms with Gasteiger partial charge in [0.2, 0.25) is 5.91 Å². The lowest BCUT2D eigenvalue weighted by atomic mass is 9.83. The number of esters is 1. The molecule has 4 aromatic rings. The molecule has 1 N–H and O–H groups in total. The lowest BCUT2D eigenvalue weighted by Crippen LogP contribution is -2.62. The number of nitrogens with one attached hydrogen (secondary N) is 1. The zero-order chi connectivity index (χ0) is 42.9. The van der Waals surface area contributed by atoms with Crippen LogP contribution in [0.1, 0.15) is 35.9 Å². The number of non-ortho nitro benzene ring substituents is 3.